The van der Waals surface area contributed by atoms with Crippen LogP contribution < -0.4 is 0 Å². The molecule has 0 spiro atoms. The Morgan fingerprint density at radius 2 is 2.35 bits per heavy atom. The average Bonchev–Trinajstić information content (AvgIpc) is 2.32. The quantitative estimate of drug-likeness (QED) is 0.782. The molecule has 0 radical (unpaired) electrons. The van der Waals surface area contributed by atoms with Gasteiger partial charge in [0.05, 0.1) is 11.6 Å². The van der Waals surface area contributed by atoms with Crippen molar-refractivity contribution >= 4 is 33.5 Å². The SMILES string of the molecule is CN1CCSCC1C(=O)c1cc(Br)ccc1F. The van der Waals surface area contributed by atoms with Gasteiger partial charge >= 0.3 is 0 Å². The molecule has 0 bridgehead atoms. The fourth-order valence-electron chi connectivity index (χ4n) is 1.83. The lowest BCUT2D eigenvalue weighted by Crippen LogP contribution is -2.45. The van der Waals surface area contributed by atoms with Crippen molar-refractivity contribution in [1.29, 1.82) is 0 Å². The molecule has 2 nitrogen and oxygen atoms in total. The first-order valence-electron chi connectivity index (χ1n) is 5.37. The summed E-state index contributed by atoms with van der Waals surface area (Å²) in [6, 6.07) is 4.28. The molecule has 1 aromatic rings. The van der Waals surface area contributed by atoms with Gasteiger partial charge in [-0.3, -0.25) is 9.69 Å². The number of rotatable bonds is 2. The third kappa shape index (κ3) is 2.89. The number of hydrogen-bond donors (Lipinski definition) is 0. The van der Waals surface area contributed by atoms with Crippen molar-refractivity contribution in [3.05, 3.63) is 34.1 Å². The van der Waals surface area contributed by atoms with Crippen LogP contribution in [0.15, 0.2) is 22.7 Å². The third-order valence-corrected chi connectivity index (χ3v) is 4.41. The maximum absolute atomic E-state index is 13.6. The van der Waals surface area contributed by atoms with Crippen LogP contribution in [0, 0.1) is 5.82 Å². The van der Waals surface area contributed by atoms with Gasteiger partial charge in [-0.15, -0.1) is 0 Å². The van der Waals surface area contributed by atoms with Crippen LogP contribution >= 0.6 is 27.7 Å². The lowest BCUT2D eigenvalue weighted by molar-refractivity contribution is 0.0870. The highest BCUT2D eigenvalue weighted by molar-refractivity contribution is 9.10. The Morgan fingerprint density at radius 1 is 1.59 bits per heavy atom. The van der Waals surface area contributed by atoms with Crippen LogP contribution in [0.2, 0.25) is 0 Å². The molecule has 1 atom stereocenters. The van der Waals surface area contributed by atoms with E-state index in [9.17, 15) is 9.18 Å². The molecule has 5 heteroatoms. The van der Waals surface area contributed by atoms with Crippen LogP contribution in [0.4, 0.5) is 4.39 Å². The van der Waals surface area contributed by atoms with E-state index in [1.54, 1.807) is 23.9 Å². The molecule has 1 aliphatic heterocycles. The van der Waals surface area contributed by atoms with Crippen molar-refractivity contribution in [2.75, 3.05) is 25.1 Å². The molecule has 1 heterocycles. The van der Waals surface area contributed by atoms with Crippen LogP contribution in [0.5, 0.6) is 0 Å². The van der Waals surface area contributed by atoms with E-state index in [0.717, 1.165) is 22.5 Å². The molecule has 0 saturated carbocycles. The molecule has 2 rings (SSSR count). The molecule has 0 aromatic heterocycles. The van der Waals surface area contributed by atoms with E-state index in [0.29, 0.717) is 0 Å². The normalized spacial score (nSPS) is 21.5. The molecule has 1 unspecified atom stereocenters. The Kier molecular flexibility index (Phi) is 4.22. The van der Waals surface area contributed by atoms with E-state index in [1.807, 2.05) is 11.9 Å². The number of thioether (sulfide) groups is 1. The van der Waals surface area contributed by atoms with Crippen LogP contribution in [0.25, 0.3) is 0 Å². The first-order valence-corrected chi connectivity index (χ1v) is 7.31. The minimum Gasteiger partial charge on any atom is -0.295 e. The Hall–Kier alpha value is -0.390. The van der Waals surface area contributed by atoms with Crippen LogP contribution in [-0.4, -0.2) is 41.8 Å². The summed E-state index contributed by atoms with van der Waals surface area (Å²) >= 11 is 5.01. The first-order chi connectivity index (χ1) is 8.09. The number of carbonyl (C=O) groups is 1. The largest absolute Gasteiger partial charge is 0.295 e. The van der Waals surface area contributed by atoms with Gasteiger partial charge < -0.3 is 0 Å². The minimum atomic E-state index is -0.442. The first kappa shape index (κ1) is 13.1. The second kappa shape index (κ2) is 5.50. The maximum Gasteiger partial charge on any atom is 0.183 e. The lowest BCUT2D eigenvalue weighted by atomic mass is 10.0. The standard InChI is InChI=1S/C12H13BrFNOS/c1-15-4-5-17-7-11(15)12(16)9-6-8(13)2-3-10(9)14/h2-3,6,11H,4-5,7H2,1H3. The Bertz CT molecular complexity index is 441. The molecule has 1 aromatic carbocycles. The highest BCUT2D eigenvalue weighted by atomic mass is 79.9. The van der Waals surface area contributed by atoms with Crippen molar-refractivity contribution in [3.63, 3.8) is 0 Å². The van der Waals surface area contributed by atoms with Crippen molar-refractivity contribution in [2.45, 2.75) is 6.04 Å². The zero-order valence-electron chi connectivity index (χ0n) is 9.45. The monoisotopic (exact) mass is 317 g/mol. The number of ketones is 1. The Labute approximate surface area is 113 Å². The zero-order valence-corrected chi connectivity index (χ0v) is 11.9. The van der Waals surface area contributed by atoms with Crippen molar-refractivity contribution < 1.29 is 9.18 Å². The van der Waals surface area contributed by atoms with Gasteiger partial charge in [-0.25, -0.2) is 4.39 Å². The number of hydrogen-bond acceptors (Lipinski definition) is 3. The summed E-state index contributed by atoms with van der Waals surface area (Å²) in [5.74, 6) is 1.20. The number of nitrogens with zero attached hydrogens (tertiary/aromatic N) is 1. The smallest absolute Gasteiger partial charge is 0.183 e. The molecule has 1 saturated heterocycles. The Balaban J connectivity index is 2.26. The summed E-state index contributed by atoms with van der Waals surface area (Å²) < 4.78 is 14.4. The third-order valence-electron chi connectivity index (χ3n) is 2.89. The summed E-state index contributed by atoms with van der Waals surface area (Å²) in [6.07, 6.45) is 0. The average molecular weight is 318 g/mol. The predicted octanol–water partition coefficient (Wildman–Crippen LogP) is 2.82. The van der Waals surface area contributed by atoms with Gasteiger partial charge in [-0.1, -0.05) is 15.9 Å². The molecule has 0 aliphatic carbocycles. The van der Waals surface area contributed by atoms with Gasteiger partial charge in [0.2, 0.25) is 0 Å². The lowest BCUT2D eigenvalue weighted by Gasteiger charge is -2.30. The van der Waals surface area contributed by atoms with Gasteiger partial charge in [-0.2, -0.15) is 11.8 Å². The number of benzene rings is 1. The summed E-state index contributed by atoms with van der Waals surface area (Å²) in [5.41, 5.74) is 0.179. The maximum atomic E-state index is 13.6. The van der Waals surface area contributed by atoms with Crippen molar-refractivity contribution in [1.82, 2.24) is 4.90 Å². The fraction of sp³-hybridized carbons (Fsp3) is 0.417. The zero-order chi connectivity index (χ0) is 12.4. The fourth-order valence-corrected chi connectivity index (χ4v) is 3.40. The van der Waals surface area contributed by atoms with Gasteiger partial charge in [0.25, 0.3) is 0 Å². The second-order valence-corrected chi connectivity index (χ2v) is 6.13. The van der Waals surface area contributed by atoms with E-state index in [-0.39, 0.29) is 17.4 Å². The topological polar surface area (TPSA) is 20.3 Å². The predicted molar refractivity (Wildman–Crippen MR) is 72.2 cm³/mol. The van der Waals surface area contributed by atoms with E-state index in [4.69, 9.17) is 0 Å². The Morgan fingerprint density at radius 3 is 3.06 bits per heavy atom. The number of halogens is 2. The van der Waals surface area contributed by atoms with E-state index in [2.05, 4.69) is 15.9 Å². The molecular formula is C12H13BrFNOS. The highest BCUT2D eigenvalue weighted by Gasteiger charge is 2.28. The molecule has 1 aliphatic rings. The summed E-state index contributed by atoms with van der Waals surface area (Å²) in [6.45, 7) is 0.872. The van der Waals surface area contributed by atoms with E-state index in [1.165, 1.54) is 6.07 Å². The summed E-state index contributed by atoms with van der Waals surface area (Å²) in [4.78, 5) is 14.3. The summed E-state index contributed by atoms with van der Waals surface area (Å²) in [5, 5.41) is 0. The van der Waals surface area contributed by atoms with Crippen LogP contribution in [0.3, 0.4) is 0 Å². The van der Waals surface area contributed by atoms with Gasteiger partial charge in [0.15, 0.2) is 5.78 Å². The molecular weight excluding hydrogens is 305 g/mol. The minimum absolute atomic E-state index is 0.126. The van der Waals surface area contributed by atoms with Crippen molar-refractivity contribution in [2.24, 2.45) is 0 Å². The van der Waals surface area contributed by atoms with Crippen LogP contribution in [0.1, 0.15) is 10.4 Å². The van der Waals surface area contributed by atoms with Gasteiger partial charge in [0.1, 0.15) is 5.82 Å². The number of Topliss-reactive ketones (excluding diaryl/α,β-unsaturated/α-hetero) is 1. The second-order valence-electron chi connectivity index (χ2n) is 4.06. The van der Waals surface area contributed by atoms with Gasteiger partial charge in [0, 0.05) is 22.5 Å². The molecule has 0 amide bonds. The summed E-state index contributed by atoms with van der Waals surface area (Å²) in [7, 11) is 1.91. The number of likely N-dealkylation sites (N-methyl/N-ethyl adjacent to an activating group) is 1. The highest BCUT2D eigenvalue weighted by Crippen LogP contribution is 2.22. The molecule has 0 N–H and O–H groups in total. The van der Waals surface area contributed by atoms with E-state index >= 15 is 0 Å². The van der Waals surface area contributed by atoms with Crippen molar-refractivity contribution in [3.8, 4) is 0 Å². The van der Waals surface area contributed by atoms with E-state index < -0.39 is 5.82 Å². The number of carbonyl (C=O) groups excluding carboxylic acids is 1. The van der Waals surface area contributed by atoms with Crippen LogP contribution in [-0.2, 0) is 0 Å². The molecule has 1 fully saturated rings. The van der Waals surface area contributed by atoms with Gasteiger partial charge in [-0.05, 0) is 25.2 Å². The molecule has 17 heavy (non-hydrogen) atoms. The molecule has 92 valence electrons.